The second-order valence-corrected chi connectivity index (χ2v) is 4.26. The highest BCUT2D eigenvalue weighted by Crippen LogP contribution is 2.10. The number of aromatic nitrogens is 3. The molecule has 1 atom stereocenters. The predicted molar refractivity (Wildman–Crippen MR) is 74.6 cm³/mol. The number of likely N-dealkylation sites (N-methyl/N-ethyl adjacent to an activating group) is 1. The highest BCUT2D eigenvalue weighted by molar-refractivity contribution is 5.29. The van der Waals surface area contributed by atoms with Gasteiger partial charge in [0, 0.05) is 6.54 Å². The first-order chi connectivity index (χ1) is 9.33. The molecule has 19 heavy (non-hydrogen) atoms. The van der Waals surface area contributed by atoms with E-state index in [1.807, 2.05) is 30.3 Å². The summed E-state index contributed by atoms with van der Waals surface area (Å²) in [7, 11) is 0. The summed E-state index contributed by atoms with van der Waals surface area (Å²) < 4.78 is 7.48. The molecule has 1 unspecified atom stereocenters. The lowest BCUT2D eigenvalue weighted by molar-refractivity contribution is 0.178. The summed E-state index contributed by atoms with van der Waals surface area (Å²) in [6.07, 6.45) is 2.70. The van der Waals surface area contributed by atoms with Crippen LogP contribution >= 0.6 is 0 Å². The Morgan fingerprint density at radius 1 is 1.26 bits per heavy atom. The number of nitrogens with one attached hydrogen (secondary N) is 1. The second kappa shape index (κ2) is 6.89. The van der Waals surface area contributed by atoms with Crippen molar-refractivity contribution in [1.82, 2.24) is 20.1 Å². The van der Waals surface area contributed by atoms with Gasteiger partial charge in [-0.05, 0) is 25.1 Å². The van der Waals surface area contributed by atoms with Crippen LogP contribution in [0.3, 0.4) is 0 Å². The van der Waals surface area contributed by atoms with Gasteiger partial charge in [-0.2, -0.15) is 4.98 Å². The van der Waals surface area contributed by atoms with Gasteiger partial charge in [0.05, 0.1) is 5.69 Å². The van der Waals surface area contributed by atoms with Crippen molar-refractivity contribution in [2.24, 2.45) is 0 Å². The zero-order valence-electron chi connectivity index (χ0n) is 11.4. The van der Waals surface area contributed by atoms with Crippen molar-refractivity contribution in [3.05, 3.63) is 36.7 Å². The fourth-order valence-corrected chi connectivity index (χ4v) is 1.73. The predicted octanol–water partition coefficient (Wildman–Crippen LogP) is 2.03. The van der Waals surface area contributed by atoms with E-state index in [1.54, 1.807) is 11.0 Å². The van der Waals surface area contributed by atoms with E-state index in [1.165, 1.54) is 0 Å². The molecule has 1 aromatic carbocycles. The van der Waals surface area contributed by atoms with Gasteiger partial charge in [-0.1, -0.05) is 32.0 Å². The molecule has 0 aliphatic carbocycles. The number of benzene rings is 1. The van der Waals surface area contributed by atoms with E-state index in [0.29, 0.717) is 6.01 Å². The Bertz CT molecular complexity index is 483. The van der Waals surface area contributed by atoms with Crippen molar-refractivity contribution < 1.29 is 4.74 Å². The van der Waals surface area contributed by atoms with E-state index in [2.05, 4.69) is 29.2 Å². The molecule has 0 bridgehead atoms. The SMILES string of the molecule is CCNCC(CC)Oc1ncn(-c2ccccc2)n1. The van der Waals surface area contributed by atoms with Gasteiger partial charge >= 0.3 is 6.01 Å². The first kappa shape index (κ1) is 13.5. The largest absolute Gasteiger partial charge is 0.458 e. The maximum atomic E-state index is 5.76. The Hall–Kier alpha value is -1.88. The van der Waals surface area contributed by atoms with Crippen LogP contribution < -0.4 is 10.1 Å². The average Bonchev–Trinajstić information content (AvgIpc) is 2.93. The molecule has 0 radical (unpaired) electrons. The van der Waals surface area contributed by atoms with Crippen molar-refractivity contribution in [3.8, 4) is 11.7 Å². The van der Waals surface area contributed by atoms with Gasteiger partial charge in [-0.25, -0.2) is 4.68 Å². The van der Waals surface area contributed by atoms with Gasteiger partial charge in [0.15, 0.2) is 0 Å². The molecule has 102 valence electrons. The quantitative estimate of drug-likeness (QED) is 0.827. The van der Waals surface area contributed by atoms with Gasteiger partial charge < -0.3 is 10.1 Å². The minimum atomic E-state index is 0.103. The van der Waals surface area contributed by atoms with Crippen LogP contribution in [0.1, 0.15) is 20.3 Å². The first-order valence-electron chi connectivity index (χ1n) is 6.68. The van der Waals surface area contributed by atoms with Crippen LogP contribution in [0.25, 0.3) is 5.69 Å². The first-order valence-corrected chi connectivity index (χ1v) is 6.68. The third-order valence-electron chi connectivity index (χ3n) is 2.84. The minimum absolute atomic E-state index is 0.103. The monoisotopic (exact) mass is 260 g/mol. The van der Waals surface area contributed by atoms with E-state index in [9.17, 15) is 0 Å². The average molecular weight is 260 g/mol. The zero-order chi connectivity index (χ0) is 13.5. The fourth-order valence-electron chi connectivity index (χ4n) is 1.73. The Kier molecular flexibility index (Phi) is 4.92. The van der Waals surface area contributed by atoms with E-state index in [-0.39, 0.29) is 6.10 Å². The second-order valence-electron chi connectivity index (χ2n) is 4.26. The number of rotatable bonds is 7. The van der Waals surface area contributed by atoms with Crippen LogP contribution in [-0.4, -0.2) is 34.0 Å². The molecule has 1 aromatic heterocycles. The molecular formula is C14H20N4O. The van der Waals surface area contributed by atoms with E-state index in [0.717, 1.165) is 25.2 Å². The molecule has 0 aliphatic heterocycles. The third-order valence-corrected chi connectivity index (χ3v) is 2.84. The standard InChI is InChI=1S/C14H20N4O/c1-3-13(10-15-4-2)19-14-16-11-18(17-14)12-8-6-5-7-9-12/h5-9,11,13,15H,3-4,10H2,1-2H3. The van der Waals surface area contributed by atoms with Gasteiger partial charge in [0.25, 0.3) is 0 Å². The Balaban J connectivity index is 2.01. The molecule has 0 saturated carbocycles. The molecule has 0 aliphatic rings. The molecular weight excluding hydrogens is 240 g/mol. The number of para-hydroxylation sites is 1. The lowest BCUT2D eigenvalue weighted by Crippen LogP contribution is -2.31. The van der Waals surface area contributed by atoms with Crippen LogP contribution in [-0.2, 0) is 0 Å². The molecule has 1 heterocycles. The van der Waals surface area contributed by atoms with Gasteiger partial charge in [0.1, 0.15) is 12.4 Å². The molecule has 0 saturated heterocycles. The molecule has 5 nitrogen and oxygen atoms in total. The summed E-state index contributed by atoms with van der Waals surface area (Å²) in [6, 6.07) is 10.3. The normalized spacial score (nSPS) is 12.3. The smallest absolute Gasteiger partial charge is 0.336 e. The highest BCUT2D eigenvalue weighted by Gasteiger charge is 2.11. The molecule has 2 rings (SSSR count). The number of nitrogens with zero attached hydrogens (tertiary/aromatic N) is 3. The van der Waals surface area contributed by atoms with Crippen molar-refractivity contribution in [2.75, 3.05) is 13.1 Å². The topological polar surface area (TPSA) is 52.0 Å². The summed E-state index contributed by atoms with van der Waals surface area (Å²) >= 11 is 0. The van der Waals surface area contributed by atoms with Crippen LogP contribution in [0.4, 0.5) is 0 Å². The zero-order valence-corrected chi connectivity index (χ0v) is 11.4. The highest BCUT2D eigenvalue weighted by atomic mass is 16.5. The summed E-state index contributed by atoms with van der Waals surface area (Å²) in [5.74, 6) is 0. The summed E-state index contributed by atoms with van der Waals surface area (Å²) in [5, 5.41) is 7.60. The van der Waals surface area contributed by atoms with Gasteiger partial charge in [-0.3, -0.25) is 0 Å². The van der Waals surface area contributed by atoms with Crippen molar-refractivity contribution in [2.45, 2.75) is 26.4 Å². The molecule has 0 spiro atoms. The Labute approximate surface area is 113 Å². The third kappa shape index (κ3) is 3.79. The lowest BCUT2D eigenvalue weighted by atomic mass is 10.3. The summed E-state index contributed by atoms with van der Waals surface area (Å²) in [4.78, 5) is 4.19. The van der Waals surface area contributed by atoms with E-state index < -0.39 is 0 Å². The molecule has 0 fully saturated rings. The number of hydrogen-bond donors (Lipinski definition) is 1. The maximum absolute atomic E-state index is 5.76. The Morgan fingerprint density at radius 3 is 2.74 bits per heavy atom. The molecule has 2 aromatic rings. The number of hydrogen-bond acceptors (Lipinski definition) is 4. The summed E-state index contributed by atoms with van der Waals surface area (Å²) in [5.41, 5.74) is 0.976. The van der Waals surface area contributed by atoms with Gasteiger partial charge in [-0.15, -0.1) is 5.10 Å². The molecule has 0 amide bonds. The van der Waals surface area contributed by atoms with Crippen molar-refractivity contribution in [3.63, 3.8) is 0 Å². The lowest BCUT2D eigenvalue weighted by Gasteiger charge is -2.14. The van der Waals surface area contributed by atoms with Crippen molar-refractivity contribution in [1.29, 1.82) is 0 Å². The van der Waals surface area contributed by atoms with Crippen LogP contribution in [0.15, 0.2) is 36.7 Å². The van der Waals surface area contributed by atoms with Crippen LogP contribution in [0.5, 0.6) is 6.01 Å². The van der Waals surface area contributed by atoms with Crippen LogP contribution in [0.2, 0.25) is 0 Å². The van der Waals surface area contributed by atoms with Crippen molar-refractivity contribution >= 4 is 0 Å². The fraction of sp³-hybridized carbons (Fsp3) is 0.429. The molecule has 1 N–H and O–H groups in total. The minimum Gasteiger partial charge on any atom is -0.458 e. The number of ether oxygens (including phenoxy) is 1. The maximum Gasteiger partial charge on any atom is 0.336 e. The molecule has 5 heteroatoms. The summed E-state index contributed by atoms with van der Waals surface area (Å²) in [6.45, 7) is 5.92. The van der Waals surface area contributed by atoms with Gasteiger partial charge in [0.2, 0.25) is 0 Å². The Morgan fingerprint density at radius 2 is 2.05 bits per heavy atom. The van der Waals surface area contributed by atoms with E-state index in [4.69, 9.17) is 4.74 Å². The van der Waals surface area contributed by atoms with E-state index >= 15 is 0 Å². The van der Waals surface area contributed by atoms with Crippen LogP contribution in [0, 0.1) is 0 Å².